The molecule has 6 nitrogen and oxygen atoms in total. The van der Waals surface area contributed by atoms with Gasteiger partial charge in [-0.2, -0.15) is 5.10 Å². The smallest absolute Gasteiger partial charge is 0.329 e. The molecule has 1 aliphatic carbocycles. The molecular formula is C22H29BrN2O4. The quantitative estimate of drug-likeness (QED) is 0.563. The van der Waals surface area contributed by atoms with E-state index in [1.165, 1.54) is 5.69 Å². The summed E-state index contributed by atoms with van der Waals surface area (Å²) in [5.41, 5.74) is 3.52. The first-order valence-electron chi connectivity index (χ1n) is 10.2. The van der Waals surface area contributed by atoms with E-state index in [1.807, 2.05) is 18.2 Å². The Morgan fingerprint density at radius 1 is 1.21 bits per heavy atom. The molecule has 0 radical (unpaired) electrons. The van der Waals surface area contributed by atoms with Gasteiger partial charge in [-0.15, -0.1) is 0 Å². The molecular weight excluding hydrogens is 436 g/mol. The Morgan fingerprint density at radius 3 is 2.55 bits per heavy atom. The van der Waals surface area contributed by atoms with Crippen LogP contribution in [0.2, 0.25) is 0 Å². The first-order valence-corrected chi connectivity index (χ1v) is 11.0. The fourth-order valence-electron chi connectivity index (χ4n) is 4.10. The molecule has 158 valence electrons. The number of halogens is 1. The highest BCUT2D eigenvalue weighted by molar-refractivity contribution is 9.10. The Hall–Kier alpha value is -1.70. The van der Waals surface area contributed by atoms with Crippen molar-refractivity contribution in [1.29, 1.82) is 0 Å². The summed E-state index contributed by atoms with van der Waals surface area (Å²) in [4.78, 5) is 10.6. The minimum Gasteiger partial charge on any atom is -0.480 e. The lowest BCUT2D eigenvalue weighted by Crippen LogP contribution is -2.24. The molecule has 0 amide bonds. The molecule has 1 aromatic heterocycles. The minimum atomic E-state index is -0.902. The van der Waals surface area contributed by atoms with Crippen LogP contribution in [0, 0.1) is 11.8 Å². The van der Waals surface area contributed by atoms with Crippen LogP contribution in [0.4, 0.5) is 0 Å². The van der Waals surface area contributed by atoms with Crippen LogP contribution < -0.4 is 0 Å². The Bertz CT molecular complexity index is 786. The number of carboxylic acid groups (broad SMARTS) is 1. The second-order valence-corrected chi connectivity index (χ2v) is 8.45. The lowest BCUT2D eigenvalue weighted by molar-refractivity contribution is -0.142. The number of aliphatic carboxylic acids is 1. The van der Waals surface area contributed by atoms with Gasteiger partial charge in [0.2, 0.25) is 0 Å². The van der Waals surface area contributed by atoms with Gasteiger partial charge in [-0.05, 0) is 59.0 Å². The summed E-state index contributed by atoms with van der Waals surface area (Å²) in [7, 11) is 1.73. The zero-order valence-corrected chi connectivity index (χ0v) is 18.4. The van der Waals surface area contributed by atoms with Gasteiger partial charge in [0.15, 0.2) is 0 Å². The fourth-order valence-corrected chi connectivity index (χ4v) is 4.75. The number of benzene rings is 1. The van der Waals surface area contributed by atoms with E-state index >= 15 is 0 Å². The van der Waals surface area contributed by atoms with E-state index in [1.54, 1.807) is 7.11 Å². The van der Waals surface area contributed by atoms with Crippen molar-refractivity contribution in [2.24, 2.45) is 11.8 Å². The number of hydrogen-bond acceptors (Lipinski definition) is 4. The van der Waals surface area contributed by atoms with Crippen molar-refractivity contribution in [2.75, 3.05) is 26.9 Å². The second kappa shape index (κ2) is 10.9. The zero-order chi connectivity index (χ0) is 20.6. The summed E-state index contributed by atoms with van der Waals surface area (Å²) in [6.07, 6.45) is 5.20. The number of methoxy groups -OCH3 is 1. The molecule has 7 heteroatoms. The maximum Gasteiger partial charge on any atom is 0.329 e. The van der Waals surface area contributed by atoms with Crippen LogP contribution >= 0.6 is 15.9 Å². The number of carbonyl (C=O) groups is 1. The lowest BCUT2D eigenvalue weighted by atomic mass is 9.82. The highest BCUT2D eigenvalue weighted by Crippen LogP contribution is 2.35. The summed E-state index contributed by atoms with van der Waals surface area (Å²) in [6.45, 7) is 1.90. The maximum atomic E-state index is 10.6. The van der Waals surface area contributed by atoms with Crippen LogP contribution in [-0.4, -0.2) is 47.8 Å². The van der Waals surface area contributed by atoms with Crippen molar-refractivity contribution < 1.29 is 19.4 Å². The highest BCUT2D eigenvalue weighted by atomic mass is 79.9. The van der Waals surface area contributed by atoms with Crippen molar-refractivity contribution in [3.8, 4) is 11.1 Å². The fraction of sp³-hybridized carbons (Fsp3) is 0.545. The molecule has 0 bridgehead atoms. The van der Waals surface area contributed by atoms with E-state index < -0.39 is 5.97 Å². The molecule has 1 fully saturated rings. The topological polar surface area (TPSA) is 73.6 Å². The number of rotatable bonds is 10. The predicted molar refractivity (Wildman–Crippen MR) is 115 cm³/mol. The summed E-state index contributed by atoms with van der Waals surface area (Å²) < 4.78 is 13.7. The van der Waals surface area contributed by atoms with Crippen molar-refractivity contribution in [3.63, 3.8) is 0 Å². The Kier molecular flexibility index (Phi) is 8.27. The van der Waals surface area contributed by atoms with Gasteiger partial charge in [-0.1, -0.05) is 30.3 Å². The summed E-state index contributed by atoms with van der Waals surface area (Å²) in [5.74, 6) is 0.131. The van der Waals surface area contributed by atoms with Crippen LogP contribution in [0.1, 0.15) is 31.4 Å². The Morgan fingerprint density at radius 2 is 1.90 bits per heavy atom. The summed E-state index contributed by atoms with van der Waals surface area (Å²) in [5, 5.41) is 13.5. The van der Waals surface area contributed by atoms with Gasteiger partial charge < -0.3 is 14.6 Å². The first kappa shape index (κ1) is 22.0. The summed E-state index contributed by atoms with van der Waals surface area (Å²) >= 11 is 3.67. The van der Waals surface area contributed by atoms with Crippen molar-refractivity contribution in [1.82, 2.24) is 9.78 Å². The predicted octanol–water partition coefficient (Wildman–Crippen LogP) is 4.41. The number of carboxylic acids is 1. The standard InChI is InChI=1S/C22H29BrN2O4/c1-28-12-11-19-21(18-5-3-2-4-6-18)22(23)24-25(19)13-16-7-9-17(10-8-16)14-29-15-20(26)27/h2-6,16-17H,7-15H2,1H3,(H,26,27)/t16-,17-. The number of ether oxygens (including phenoxy) is 2. The Balaban J connectivity index is 1.66. The number of aromatic nitrogens is 2. The van der Waals surface area contributed by atoms with Gasteiger partial charge in [0, 0.05) is 31.3 Å². The number of nitrogens with zero attached hydrogens (tertiary/aromatic N) is 2. The average molecular weight is 465 g/mol. The van der Waals surface area contributed by atoms with Gasteiger partial charge in [-0.25, -0.2) is 4.79 Å². The molecule has 1 aliphatic rings. The van der Waals surface area contributed by atoms with Gasteiger partial charge in [0.25, 0.3) is 0 Å². The van der Waals surface area contributed by atoms with E-state index in [2.05, 4.69) is 32.7 Å². The SMILES string of the molecule is COCCc1c(-c2ccccc2)c(Br)nn1C[C@H]1CC[C@H](COCC(=O)O)CC1. The van der Waals surface area contributed by atoms with Gasteiger partial charge in [0.1, 0.15) is 11.2 Å². The van der Waals surface area contributed by atoms with E-state index in [4.69, 9.17) is 19.7 Å². The van der Waals surface area contributed by atoms with E-state index in [9.17, 15) is 4.79 Å². The molecule has 2 aromatic rings. The zero-order valence-electron chi connectivity index (χ0n) is 16.8. The highest BCUT2D eigenvalue weighted by Gasteiger charge is 2.25. The second-order valence-electron chi connectivity index (χ2n) is 7.70. The third-order valence-electron chi connectivity index (χ3n) is 5.60. The molecule has 3 rings (SSSR count). The van der Waals surface area contributed by atoms with E-state index in [0.717, 1.165) is 54.4 Å². The van der Waals surface area contributed by atoms with Crippen LogP contribution in [0.3, 0.4) is 0 Å². The largest absolute Gasteiger partial charge is 0.480 e. The maximum absolute atomic E-state index is 10.6. The van der Waals surface area contributed by atoms with Crippen molar-refractivity contribution in [3.05, 3.63) is 40.6 Å². The lowest BCUT2D eigenvalue weighted by Gasteiger charge is -2.28. The molecule has 0 unspecified atom stereocenters. The molecule has 0 spiro atoms. The van der Waals surface area contributed by atoms with E-state index in [0.29, 0.717) is 25.0 Å². The normalized spacial score (nSPS) is 19.4. The first-order chi connectivity index (χ1) is 14.1. The van der Waals surface area contributed by atoms with Gasteiger partial charge in [-0.3, -0.25) is 4.68 Å². The van der Waals surface area contributed by atoms with Gasteiger partial charge in [0.05, 0.1) is 13.2 Å². The Labute approximate surface area is 180 Å². The van der Waals surface area contributed by atoms with Crippen LogP contribution in [0.25, 0.3) is 11.1 Å². The molecule has 0 aliphatic heterocycles. The molecule has 1 aromatic carbocycles. The molecule has 29 heavy (non-hydrogen) atoms. The number of hydrogen-bond donors (Lipinski definition) is 1. The molecule has 1 saturated carbocycles. The third-order valence-corrected chi connectivity index (χ3v) is 6.15. The van der Waals surface area contributed by atoms with Crippen molar-refractivity contribution in [2.45, 2.75) is 38.6 Å². The van der Waals surface area contributed by atoms with Crippen LogP contribution in [0.5, 0.6) is 0 Å². The van der Waals surface area contributed by atoms with Crippen molar-refractivity contribution >= 4 is 21.9 Å². The third kappa shape index (κ3) is 6.14. The summed E-state index contributed by atoms with van der Waals surface area (Å²) in [6, 6.07) is 10.4. The van der Waals surface area contributed by atoms with Crippen LogP contribution in [-0.2, 0) is 27.2 Å². The van der Waals surface area contributed by atoms with E-state index in [-0.39, 0.29) is 6.61 Å². The average Bonchev–Trinajstić information content (AvgIpc) is 3.02. The van der Waals surface area contributed by atoms with Crippen LogP contribution in [0.15, 0.2) is 34.9 Å². The molecule has 0 saturated heterocycles. The molecule has 0 atom stereocenters. The van der Waals surface area contributed by atoms with Gasteiger partial charge >= 0.3 is 5.97 Å². The molecule has 1 heterocycles. The molecule has 1 N–H and O–H groups in total. The monoisotopic (exact) mass is 464 g/mol. The minimum absolute atomic E-state index is 0.202.